The largest absolute Gasteiger partial charge is 0.497 e. The fraction of sp³-hybridized carbons (Fsp3) is 0.542. The lowest BCUT2D eigenvalue weighted by Crippen LogP contribution is -2.61. The molecule has 2 unspecified atom stereocenters. The number of imidazole rings is 1. The van der Waals surface area contributed by atoms with Gasteiger partial charge in [-0.15, -0.1) is 0 Å². The molecule has 2 atom stereocenters. The van der Waals surface area contributed by atoms with Crippen LogP contribution in [0.15, 0.2) is 36.9 Å². The highest BCUT2D eigenvalue weighted by atomic mass is 16.5. The number of carbonyl (C=O) groups excluding carboxylic acids is 1. The summed E-state index contributed by atoms with van der Waals surface area (Å²) in [5.74, 6) is -0.944. The van der Waals surface area contributed by atoms with Crippen LogP contribution in [0.1, 0.15) is 74.3 Å². The molecule has 1 aromatic heterocycles. The number of ether oxygens (including phenoxy) is 1. The first-order valence-corrected chi connectivity index (χ1v) is 11.7. The molecular formula is C24H33N5O4. The molecule has 4 N–H and O–H groups in total. The number of hydrazine groups is 1. The average Bonchev–Trinajstić information content (AvgIpc) is 3.37. The van der Waals surface area contributed by atoms with Gasteiger partial charge in [-0.1, -0.05) is 38.5 Å². The van der Waals surface area contributed by atoms with Crippen molar-refractivity contribution in [2.75, 3.05) is 12.4 Å². The van der Waals surface area contributed by atoms with Crippen LogP contribution in [0.4, 0.5) is 5.69 Å². The molecule has 9 heteroatoms. The van der Waals surface area contributed by atoms with Gasteiger partial charge in [-0.3, -0.25) is 4.79 Å². The molecule has 0 radical (unpaired) electrons. The van der Waals surface area contributed by atoms with Crippen LogP contribution in [0.25, 0.3) is 0 Å². The maximum atomic E-state index is 13.3. The van der Waals surface area contributed by atoms with E-state index >= 15 is 0 Å². The number of amides is 1. The SMILES string of the molecule is COc1ccc(NC(=O)C2CC3(CCCCCCCC3)C(n3ccnc3)NN2)c(C(=O)O)c1. The molecule has 1 aliphatic heterocycles. The van der Waals surface area contributed by atoms with Crippen molar-refractivity contribution in [1.29, 1.82) is 0 Å². The number of nitrogens with zero attached hydrogens (tertiary/aromatic N) is 2. The summed E-state index contributed by atoms with van der Waals surface area (Å²) in [6, 6.07) is 4.14. The topological polar surface area (TPSA) is 118 Å². The number of rotatable bonds is 5. The molecule has 2 fully saturated rings. The van der Waals surface area contributed by atoms with E-state index < -0.39 is 12.0 Å². The third-order valence-electron chi connectivity index (χ3n) is 7.04. The Morgan fingerprint density at radius 3 is 2.52 bits per heavy atom. The fourth-order valence-corrected chi connectivity index (χ4v) is 5.29. The summed E-state index contributed by atoms with van der Waals surface area (Å²) >= 11 is 0. The summed E-state index contributed by atoms with van der Waals surface area (Å²) < 4.78 is 7.22. The van der Waals surface area contributed by atoms with Crippen LogP contribution in [0.5, 0.6) is 5.75 Å². The summed E-state index contributed by atoms with van der Waals surface area (Å²) in [4.78, 5) is 29.2. The van der Waals surface area contributed by atoms with Crippen LogP contribution < -0.4 is 20.9 Å². The maximum Gasteiger partial charge on any atom is 0.337 e. The van der Waals surface area contributed by atoms with Gasteiger partial charge < -0.3 is 19.7 Å². The number of methoxy groups -OCH3 is 1. The van der Waals surface area contributed by atoms with Crippen molar-refractivity contribution < 1.29 is 19.4 Å². The van der Waals surface area contributed by atoms with Crippen molar-refractivity contribution in [2.24, 2.45) is 5.41 Å². The number of hydrogen-bond acceptors (Lipinski definition) is 6. The van der Waals surface area contributed by atoms with E-state index in [1.165, 1.54) is 38.9 Å². The molecule has 1 saturated heterocycles. The van der Waals surface area contributed by atoms with Gasteiger partial charge in [0, 0.05) is 17.8 Å². The van der Waals surface area contributed by atoms with E-state index in [9.17, 15) is 14.7 Å². The Morgan fingerprint density at radius 1 is 1.15 bits per heavy atom. The van der Waals surface area contributed by atoms with Crippen molar-refractivity contribution in [1.82, 2.24) is 20.4 Å². The molecule has 1 amide bonds. The summed E-state index contributed by atoms with van der Waals surface area (Å²) in [7, 11) is 1.48. The highest BCUT2D eigenvalue weighted by molar-refractivity contribution is 6.02. The predicted octanol–water partition coefficient (Wildman–Crippen LogP) is 3.71. The predicted molar refractivity (Wildman–Crippen MR) is 124 cm³/mol. The van der Waals surface area contributed by atoms with Gasteiger partial charge in [-0.2, -0.15) is 0 Å². The van der Waals surface area contributed by atoms with Crippen LogP contribution >= 0.6 is 0 Å². The van der Waals surface area contributed by atoms with Crippen LogP contribution in [0.3, 0.4) is 0 Å². The van der Waals surface area contributed by atoms with Gasteiger partial charge in [0.05, 0.1) is 24.7 Å². The normalized spacial score (nSPS) is 23.2. The van der Waals surface area contributed by atoms with Crippen LogP contribution in [-0.2, 0) is 4.79 Å². The molecule has 9 nitrogen and oxygen atoms in total. The molecule has 0 bridgehead atoms. The van der Waals surface area contributed by atoms with Gasteiger partial charge in [-0.05, 0) is 37.5 Å². The van der Waals surface area contributed by atoms with Gasteiger partial charge in [0.25, 0.3) is 0 Å². The molecule has 1 aromatic carbocycles. The number of hydrogen-bond donors (Lipinski definition) is 4. The maximum absolute atomic E-state index is 13.3. The van der Waals surface area contributed by atoms with Gasteiger partial charge in [-0.25, -0.2) is 20.6 Å². The third kappa shape index (κ3) is 5.20. The minimum Gasteiger partial charge on any atom is -0.497 e. The first kappa shape index (κ1) is 23.3. The van der Waals surface area contributed by atoms with Crippen molar-refractivity contribution in [3.05, 3.63) is 42.5 Å². The van der Waals surface area contributed by atoms with Crippen LogP contribution in [-0.4, -0.2) is 39.7 Å². The smallest absolute Gasteiger partial charge is 0.337 e. The second-order valence-corrected chi connectivity index (χ2v) is 9.15. The summed E-state index contributed by atoms with van der Waals surface area (Å²) in [5.41, 5.74) is 6.74. The zero-order valence-electron chi connectivity index (χ0n) is 19.0. The van der Waals surface area contributed by atoms with Gasteiger partial charge in [0.2, 0.25) is 5.91 Å². The number of carbonyl (C=O) groups is 2. The van der Waals surface area contributed by atoms with Crippen molar-refractivity contribution in [2.45, 2.75) is 70.0 Å². The van der Waals surface area contributed by atoms with Gasteiger partial charge >= 0.3 is 5.97 Å². The number of aromatic nitrogens is 2. The minimum absolute atomic E-state index is 0.0000782. The monoisotopic (exact) mass is 455 g/mol. The molecule has 1 spiro atoms. The van der Waals surface area contributed by atoms with E-state index in [0.29, 0.717) is 12.2 Å². The molecule has 2 aromatic rings. The van der Waals surface area contributed by atoms with Crippen LogP contribution in [0.2, 0.25) is 0 Å². The van der Waals surface area contributed by atoms with E-state index in [1.54, 1.807) is 18.3 Å². The van der Waals surface area contributed by atoms with Crippen molar-refractivity contribution in [3.8, 4) is 5.75 Å². The highest BCUT2D eigenvalue weighted by Gasteiger charge is 2.46. The molecule has 4 rings (SSSR count). The lowest BCUT2D eigenvalue weighted by Gasteiger charge is -2.48. The number of aromatic carboxylic acids is 1. The molecule has 2 heterocycles. The number of carboxylic acids is 1. The van der Waals surface area contributed by atoms with Gasteiger partial charge in [0.15, 0.2) is 0 Å². The number of nitrogens with one attached hydrogen (secondary N) is 3. The Hall–Kier alpha value is -2.91. The average molecular weight is 456 g/mol. The number of anilines is 1. The van der Waals surface area contributed by atoms with E-state index in [1.807, 2.05) is 12.5 Å². The summed E-state index contributed by atoms with van der Waals surface area (Å²) in [6.45, 7) is 0. The second-order valence-electron chi connectivity index (χ2n) is 9.15. The van der Waals surface area contributed by atoms with E-state index in [2.05, 4.69) is 25.7 Å². The molecule has 178 valence electrons. The van der Waals surface area contributed by atoms with E-state index in [4.69, 9.17) is 4.74 Å². The molecule has 2 aliphatic rings. The van der Waals surface area contributed by atoms with E-state index in [-0.39, 0.29) is 28.7 Å². The Bertz CT molecular complexity index is 952. The van der Waals surface area contributed by atoms with Crippen molar-refractivity contribution >= 4 is 17.6 Å². The Balaban J connectivity index is 1.57. The summed E-state index contributed by atoms with van der Waals surface area (Å²) in [6.07, 6.45) is 15.5. The lowest BCUT2D eigenvalue weighted by atomic mass is 9.70. The molecule has 1 aliphatic carbocycles. The zero-order valence-corrected chi connectivity index (χ0v) is 19.0. The van der Waals surface area contributed by atoms with E-state index in [0.717, 1.165) is 25.7 Å². The van der Waals surface area contributed by atoms with Crippen molar-refractivity contribution in [3.63, 3.8) is 0 Å². The van der Waals surface area contributed by atoms with Gasteiger partial charge in [0.1, 0.15) is 18.0 Å². The molecule has 33 heavy (non-hydrogen) atoms. The zero-order chi connectivity index (χ0) is 23.3. The Labute approximate surface area is 193 Å². The highest BCUT2D eigenvalue weighted by Crippen LogP contribution is 2.47. The first-order valence-electron chi connectivity index (χ1n) is 11.7. The van der Waals surface area contributed by atoms with Crippen LogP contribution in [0, 0.1) is 5.41 Å². The Morgan fingerprint density at radius 2 is 1.88 bits per heavy atom. The number of carboxylic acid groups (broad SMARTS) is 1. The number of benzene rings is 1. The Kier molecular flexibility index (Phi) is 7.29. The molecular weight excluding hydrogens is 422 g/mol. The quantitative estimate of drug-likeness (QED) is 0.543. The first-order chi connectivity index (χ1) is 16.0. The third-order valence-corrected chi connectivity index (χ3v) is 7.04. The standard InChI is InChI=1S/C24H33N5O4/c1-33-17-8-9-19(18(14-17)22(31)32)26-21(30)20-15-24(10-6-4-2-3-5-7-11-24)23(28-27-20)29-13-12-25-16-29/h8-9,12-14,16,20,23,27-28H,2-7,10-11,15H2,1H3,(H,26,30)(H,31,32). The second kappa shape index (κ2) is 10.4. The minimum atomic E-state index is -1.12. The molecule has 1 saturated carbocycles. The fourth-order valence-electron chi connectivity index (χ4n) is 5.29. The lowest BCUT2D eigenvalue weighted by molar-refractivity contribution is -0.122. The summed E-state index contributed by atoms with van der Waals surface area (Å²) in [5, 5.41) is 12.4.